The summed E-state index contributed by atoms with van der Waals surface area (Å²) >= 11 is 1.58. The van der Waals surface area contributed by atoms with Gasteiger partial charge in [0.15, 0.2) is 5.13 Å². The second-order valence-electron chi connectivity index (χ2n) is 4.04. The molecule has 0 aliphatic heterocycles. The monoisotopic (exact) mass is 256 g/mol. The zero-order valence-electron chi connectivity index (χ0n) is 9.88. The van der Waals surface area contributed by atoms with Gasteiger partial charge in [0.1, 0.15) is 0 Å². The van der Waals surface area contributed by atoms with Gasteiger partial charge in [-0.1, -0.05) is 12.1 Å². The highest BCUT2D eigenvalue weighted by molar-refractivity contribution is 7.14. The molecule has 0 atom stereocenters. The van der Waals surface area contributed by atoms with Crippen molar-refractivity contribution in [2.24, 2.45) is 0 Å². The largest absolute Gasteiger partial charge is 0.472 e. The van der Waals surface area contributed by atoms with E-state index in [-0.39, 0.29) is 0 Å². The molecule has 3 nitrogen and oxygen atoms in total. The van der Waals surface area contributed by atoms with Crippen LogP contribution in [0, 0.1) is 6.92 Å². The number of nitrogens with zero attached hydrogens (tertiary/aromatic N) is 1. The molecular formula is C14H12N2OS. The SMILES string of the molecule is Cc1cccc(Nc2nc(-c3ccoc3)cs2)c1. The van der Waals surface area contributed by atoms with Crippen LogP contribution in [0.15, 0.2) is 52.7 Å². The first-order valence-corrected chi connectivity index (χ1v) is 6.51. The minimum absolute atomic E-state index is 0.886. The van der Waals surface area contributed by atoms with Gasteiger partial charge in [-0.3, -0.25) is 0 Å². The Hall–Kier alpha value is -2.07. The van der Waals surface area contributed by atoms with Gasteiger partial charge in [0.25, 0.3) is 0 Å². The molecule has 2 aromatic heterocycles. The van der Waals surface area contributed by atoms with E-state index in [1.54, 1.807) is 23.9 Å². The maximum Gasteiger partial charge on any atom is 0.187 e. The Balaban J connectivity index is 1.82. The van der Waals surface area contributed by atoms with Gasteiger partial charge >= 0.3 is 0 Å². The highest BCUT2D eigenvalue weighted by Gasteiger charge is 2.05. The predicted octanol–water partition coefficient (Wildman–Crippen LogP) is 4.46. The molecule has 0 unspecified atom stereocenters. The summed E-state index contributed by atoms with van der Waals surface area (Å²) in [7, 11) is 0. The van der Waals surface area contributed by atoms with Crippen molar-refractivity contribution in [1.29, 1.82) is 0 Å². The van der Waals surface area contributed by atoms with Crippen LogP contribution in [0.2, 0.25) is 0 Å². The Labute approximate surface area is 109 Å². The van der Waals surface area contributed by atoms with Crippen molar-refractivity contribution in [2.45, 2.75) is 6.92 Å². The predicted molar refractivity (Wildman–Crippen MR) is 74.3 cm³/mol. The lowest BCUT2D eigenvalue weighted by Gasteiger charge is -2.02. The maximum atomic E-state index is 5.06. The fourth-order valence-corrected chi connectivity index (χ4v) is 2.46. The second-order valence-corrected chi connectivity index (χ2v) is 4.90. The Kier molecular flexibility index (Phi) is 2.86. The summed E-state index contributed by atoms with van der Waals surface area (Å²) in [5.41, 5.74) is 4.22. The molecule has 0 aliphatic rings. The number of benzene rings is 1. The van der Waals surface area contributed by atoms with Gasteiger partial charge in [0.2, 0.25) is 0 Å². The molecule has 18 heavy (non-hydrogen) atoms. The molecule has 0 saturated heterocycles. The molecule has 0 radical (unpaired) electrons. The fourth-order valence-electron chi connectivity index (χ4n) is 1.72. The van der Waals surface area contributed by atoms with Crippen molar-refractivity contribution in [3.05, 3.63) is 53.8 Å². The van der Waals surface area contributed by atoms with Crippen LogP contribution in [0.5, 0.6) is 0 Å². The Morgan fingerprint density at radius 3 is 3.00 bits per heavy atom. The number of thiazole rings is 1. The fraction of sp³-hybridized carbons (Fsp3) is 0.0714. The average Bonchev–Trinajstić information content (AvgIpc) is 2.98. The van der Waals surface area contributed by atoms with E-state index in [9.17, 15) is 0 Å². The third-order valence-electron chi connectivity index (χ3n) is 2.59. The smallest absolute Gasteiger partial charge is 0.187 e. The number of nitrogens with one attached hydrogen (secondary N) is 1. The van der Waals surface area contributed by atoms with E-state index < -0.39 is 0 Å². The van der Waals surface area contributed by atoms with Crippen molar-refractivity contribution >= 4 is 22.2 Å². The van der Waals surface area contributed by atoms with Gasteiger partial charge < -0.3 is 9.73 Å². The van der Waals surface area contributed by atoms with Crippen molar-refractivity contribution in [3.63, 3.8) is 0 Å². The van der Waals surface area contributed by atoms with Gasteiger partial charge in [0, 0.05) is 16.6 Å². The lowest BCUT2D eigenvalue weighted by Crippen LogP contribution is -1.89. The molecule has 0 amide bonds. The van der Waals surface area contributed by atoms with E-state index in [2.05, 4.69) is 29.4 Å². The maximum absolute atomic E-state index is 5.06. The van der Waals surface area contributed by atoms with Crippen LogP contribution in [0.3, 0.4) is 0 Å². The van der Waals surface area contributed by atoms with Gasteiger partial charge in [-0.25, -0.2) is 4.98 Å². The molecule has 4 heteroatoms. The molecule has 0 spiro atoms. The number of furan rings is 1. The summed E-state index contributed by atoms with van der Waals surface area (Å²) in [5, 5.41) is 6.21. The van der Waals surface area contributed by atoms with Crippen LogP contribution in [-0.4, -0.2) is 4.98 Å². The number of aromatic nitrogens is 1. The van der Waals surface area contributed by atoms with Crippen molar-refractivity contribution in [1.82, 2.24) is 4.98 Å². The van der Waals surface area contributed by atoms with Gasteiger partial charge in [-0.05, 0) is 30.7 Å². The molecule has 0 aliphatic carbocycles. The summed E-state index contributed by atoms with van der Waals surface area (Å²) in [6.45, 7) is 2.07. The van der Waals surface area contributed by atoms with Crippen LogP contribution in [0.25, 0.3) is 11.3 Å². The first-order valence-electron chi connectivity index (χ1n) is 5.63. The quantitative estimate of drug-likeness (QED) is 0.752. The highest BCUT2D eigenvalue weighted by Crippen LogP contribution is 2.27. The normalized spacial score (nSPS) is 10.5. The Morgan fingerprint density at radius 2 is 2.22 bits per heavy atom. The molecular weight excluding hydrogens is 244 g/mol. The Morgan fingerprint density at radius 1 is 1.28 bits per heavy atom. The van der Waals surface area contributed by atoms with Gasteiger partial charge in [-0.15, -0.1) is 11.3 Å². The molecule has 2 heterocycles. The number of aryl methyl sites for hydroxylation is 1. The Bertz CT molecular complexity index is 643. The van der Waals surface area contributed by atoms with Crippen LogP contribution < -0.4 is 5.32 Å². The van der Waals surface area contributed by atoms with Crippen molar-refractivity contribution < 1.29 is 4.42 Å². The van der Waals surface area contributed by atoms with E-state index in [0.29, 0.717) is 0 Å². The molecule has 90 valence electrons. The second kappa shape index (κ2) is 4.66. The lowest BCUT2D eigenvalue weighted by atomic mass is 10.2. The zero-order valence-corrected chi connectivity index (χ0v) is 10.7. The number of rotatable bonds is 3. The molecule has 1 N–H and O–H groups in total. The van der Waals surface area contributed by atoms with Crippen LogP contribution in [0.4, 0.5) is 10.8 Å². The van der Waals surface area contributed by atoms with Crippen molar-refractivity contribution in [2.75, 3.05) is 5.32 Å². The highest BCUT2D eigenvalue weighted by atomic mass is 32.1. The summed E-state index contributed by atoms with van der Waals surface area (Å²) in [6.07, 6.45) is 3.35. The molecule has 3 rings (SSSR count). The number of hydrogen-bond acceptors (Lipinski definition) is 4. The third-order valence-corrected chi connectivity index (χ3v) is 3.35. The lowest BCUT2D eigenvalue weighted by molar-refractivity contribution is 0.568. The van der Waals surface area contributed by atoms with E-state index in [4.69, 9.17) is 4.42 Å². The summed E-state index contributed by atoms with van der Waals surface area (Å²) in [4.78, 5) is 4.53. The first kappa shape index (κ1) is 11.0. The molecule has 0 bridgehead atoms. The molecule has 0 saturated carbocycles. The zero-order chi connectivity index (χ0) is 12.4. The minimum atomic E-state index is 0.886. The topological polar surface area (TPSA) is 38.1 Å². The summed E-state index contributed by atoms with van der Waals surface area (Å²) < 4.78 is 5.06. The van der Waals surface area contributed by atoms with E-state index >= 15 is 0 Å². The van der Waals surface area contributed by atoms with E-state index in [1.807, 2.05) is 23.6 Å². The van der Waals surface area contributed by atoms with Gasteiger partial charge in [-0.2, -0.15) is 0 Å². The van der Waals surface area contributed by atoms with Crippen molar-refractivity contribution in [3.8, 4) is 11.3 Å². The third kappa shape index (κ3) is 2.28. The molecule has 0 fully saturated rings. The molecule has 3 aromatic rings. The van der Waals surface area contributed by atoms with Crippen LogP contribution >= 0.6 is 11.3 Å². The minimum Gasteiger partial charge on any atom is -0.472 e. The summed E-state index contributed by atoms with van der Waals surface area (Å²) in [5.74, 6) is 0. The van der Waals surface area contributed by atoms with Gasteiger partial charge in [0.05, 0.1) is 18.2 Å². The molecule has 1 aromatic carbocycles. The van der Waals surface area contributed by atoms with Crippen LogP contribution in [0.1, 0.15) is 5.56 Å². The van der Waals surface area contributed by atoms with E-state index in [1.165, 1.54) is 5.56 Å². The van der Waals surface area contributed by atoms with E-state index in [0.717, 1.165) is 22.1 Å². The number of anilines is 2. The summed E-state index contributed by atoms with van der Waals surface area (Å²) in [6, 6.07) is 10.1. The average molecular weight is 256 g/mol. The number of hydrogen-bond donors (Lipinski definition) is 1. The van der Waals surface area contributed by atoms with Crippen LogP contribution in [-0.2, 0) is 0 Å². The standard InChI is InChI=1S/C14H12N2OS/c1-10-3-2-4-12(7-10)15-14-16-13(9-18-14)11-5-6-17-8-11/h2-9H,1H3,(H,15,16). The first-order chi connectivity index (χ1) is 8.81.